The van der Waals surface area contributed by atoms with Crippen LogP contribution < -0.4 is 4.74 Å². The summed E-state index contributed by atoms with van der Waals surface area (Å²) in [6.45, 7) is 1.45. The molecular formula is C14H12FNO2. The summed E-state index contributed by atoms with van der Waals surface area (Å²) in [5, 5.41) is 0. The lowest BCUT2D eigenvalue weighted by atomic mass is 10.0. The number of carbonyl (C=O) groups excluding carboxylic acids is 1. The molecule has 0 unspecified atom stereocenters. The van der Waals surface area contributed by atoms with Crippen LogP contribution in [0.4, 0.5) is 4.39 Å². The number of nitrogens with zero attached hydrogens (tertiary/aromatic N) is 1. The highest BCUT2D eigenvalue weighted by Crippen LogP contribution is 2.24. The molecule has 4 heteroatoms. The fraction of sp³-hybridized carbons (Fsp3) is 0.143. The Labute approximate surface area is 104 Å². The Morgan fingerprint density at radius 3 is 2.61 bits per heavy atom. The second-order valence-corrected chi connectivity index (χ2v) is 3.84. The van der Waals surface area contributed by atoms with E-state index in [1.807, 2.05) is 0 Å². The molecule has 0 amide bonds. The van der Waals surface area contributed by atoms with Crippen LogP contribution in [0.5, 0.6) is 5.88 Å². The van der Waals surface area contributed by atoms with Crippen LogP contribution in [-0.2, 0) is 0 Å². The Bertz CT molecular complexity index is 579. The molecule has 0 atom stereocenters. The molecule has 1 heterocycles. The van der Waals surface area contributed by atoms with Gasteiger partial charge in [0.15, 0.2) is 5.78 Å². The summed E-state index contributed by atoms with van der Waals surface area (Å²) < 4.78 is 18.7. The number of carbonyl (C=O) groups is 1. The molecule has 0 bridgehead atoms. The van der Waals surface area contributed by atoms with E-state index >= 15 is 0 Å². The zero-order chi connectivity index (χ0) is 13.1. The first kappa shape index (κ1) is 12.2. The van der Waals surface area contributed by atoms with Crippen LogP contribution in [0.25, 0.3) is 11.1 Å². The molecule has 0 aliphatic rings. The number of rotatable bonds is 3. The first-order chi connectivity index (χ1) is 8.61. The minimum Gasteiger partial charge on any atom is -0.481 e. The van der Waals surface area contributed by atoms with Gasteiger partial charge in [-0.2, -0.15) is 0 Å². The molecule has 0 spiro atoms. The predicted molar refractivity (Wildman–Crippen MR) is 66.2 cm³/mol. The lowest BCUT2D eigenvalue weighted by Crippen LogP contribution is -1.95. The van der Waals surface area contributed by atoms with Gasteiger partial charge in [-0.3, -0.25) is 4.79 Å². The smallest absolute Gasteiger partial charge is 0.212 e. The molecule has 0 saturated heterocycles. The Morgan fingerprint density at radius 1 is 1.28 bits per heavy atom. The molecule has 18 heavy (non-hydrogen) atoms. The number of hydrogen-bond acceptors (Lipinski definition) is 3. The highest BCUT2D eigenvalue weighted by molar-refractivity contribution is 5.95. The molecule has 0 fully saturated rings. The number of ether oxygens (including phenoxy) is 1. The highest BCUT2D eigenvalue weighted by atomic mass is 19.1. The average molecular weight is 245 g/mol. The van der Waals surface area contributed by atoms with Crippen LogP contribution in [0, 0.1) is 5.82 Å². The van der Waals surface area contributed by atoms with Crippen molar-refractivity contribution in [3.05, 3.63) is 47.9 Å². The van der Waals surface area contributed by atoms with Gasteiger partial charge in [0, 0.05) is 29.0 Å². The molecule has 92 valence electrons. The maximum atomic E-state index is 13.7. The molecule has 2 aromatic rings. The maximum absolute atomic E-state index is 13.7. The van der Waals surface area contributed by atoms with Gasteiger partial charge in [-0.05, 0) is 31.2 Å². The lowest BCUT2D eigenvalue weighted by Gasteiger charge is -2.06. The minimum absolute atomic E-state index is 0.0993. The van der Waals surface area contributed by atoms with Crippen molar-refractivity contribution in [3.63, 3.8) is 0 Å². The first-order valence-electron chi connectivity index (χ1n) is 5.42. The van der Waals surface area contributed by atoms with Crippen molar-refractivity contribution in [2.45, 2.75) is 6.92 Å². The number of methoxy groups -OCH3 is 1. The summed E-state index contributed by atoms with van der Waals surface area (Å²) in [4.78, 5) is 15.3. The van der Waals surface area contributed by atoms with Crippen molar-refractivity contribution in [2.75, 3.05) is 7.11 Å². The average Bonchev–Trinajstić information content (AvgIpc) is 2.39. The van der Waals surface area contributed by atoms with E-state index in [-0.39, 0.29) is 11.6 Å². The van der Waals surface area contributed by atoms with Crippen LogP contribution in [0.1, 0.15) is 17.3 Å². The topological polar surface area (TPSA) is 39.2 Å². The van der Waals surface area contributed by atoms with Crippen LogP contribution >= 0.6 is 0 Å². The normalized spacial score (nSPS) is 10.2. The van der Waals surface area contributed by atoms with Gasteiger partial charge in [0.2, 0.25) is 5.88 Å². The van der Waals surface area contributed by atoms with Crippen LogP contribution in [-0.4, -0.2) is 17.9 Å². The summed E-state index contributed by atoms with van der Waals surface area (Å²) in [6, 6.07) is 7.64. The van der Waals surface area contributed by atoms with E-state index in [2.05, 4.69) is 4.98 Å². The van der Waals surface area contributed by atoms with Gasteiger partial charge < -0.3 is 4.74 Å². The molecule has 0 radical (unpaired) electrons. The predicted octanol–water partition coefficient (Wildman–Crippen LogP) is 3.10. The monoisotopic (exact) mass is 245 g/mol. The largest absolute Gasteiger partial charge is 0.481 e. The Hall–Kier alpha value is -2.23. The van der Waals surface area contributed by atoms with E-state index < -0.39 is 0 Å². The van der Waals surface area contributed by atoms with Gasteiger partial charge in [-0.1, -0.05) is 0 Å². The minimum atomic E-state index is -0.382. The van der Waals surface area contributed by atoms with Gasteiger partial charge in [0.05, 0.1) is 7.11 Å². The van der Waals surface area contributed by atoms with E-state index in [0.717, 1.165) is 0 Å². The SMILES string of the molecule is COc1ccc(-c2cc(C(C)=O)ccc2F)cn1. The molecule has 1 aromatic carbocycles. The highest BCUT2D eigenvalue weighted by Gasteiger charge is 2.09. The van der Waals surface area contributed by atoms with E-state index in [0.29, 0.717) is 22.6 Å². The Kier molecular flexibility index (Phi) is 3.37. The molecule has 0 saturated carbocycles. The molecule has 2 rings (SSSR count). The molecule has 0 aliphatic carbocycles. The number of aromatic nitrogens is 1. The number of Topliss-reactive ketones (excluding diaryl/α,β-unsaturated/α-hetero) is 1. The van der Waals surface area contributed by atoms with Crippen LogP contribution in [0.3, 0.4) is 0 Å². The summed E-state index contributed by atoms with van der Waals surface area (Å²) in [5.41, 5.74) is 1.44. The van der Waals surface area contributed by atoms with E-state index in [4.69, 9.17) is 4.74 Å². The number of benzene rings is 1. The van der Waals surface area contributed by atoms with Gasteiger partial charge in [-0.15, -0.1) is 0 Å². The number of halogens is 1. The molecular weight excluding hydrogens is 233 g/mol. The van der Waals surface area contributed by atoms with E-state index in [9.17, 15) is 9.18 Å². The van der Waals surface area contributed by atoms with Crippen molar-refractivity contribution in [3.8, 4) is 17.0 Å². The summed E-state index contributed by atoms with van der Waals surface area (Å²) in [6.07, 6.45) is 1.52. The Morgan fingerprint density at radius 2 is 2.06 bits per heavy atom. The van der Waals surface area contributed by atoms with Crippen molar-refractivity contribution in [2.24, 2.45) is 0 Å². The molecule has 0 aliphatic heterocycles. The molecule has 1 aromatic heterocycles. The lowest BCUT2D eigenvalue weighted by molar-refractivity contribution is 0.101. The van der Waals surface area contributed by atoms with Crippen molar-refractivity contribution >= 4 is 5.78 Å². The fourth-order valence-electron chi connectivity index (χ4n) is 1.63. The van der Waals surface area contributed by atoms with E-state index in [1.165, 1.54) is 38.4 Å². The van der Waals surface area contributed by atoms with Crippen molar-refractivity contribution < 1.29 is 13.9 Å². The summed E-state index contributed by atoms with van der Waals surface area (Å²) >= 11 is 0. The second-order valence-electron chi connectivity index (χ2n) is 3.84. The molecule has 3 nitrogen and oxygen atoms in total. The van der Waals surface area contributed by atoms with Crippen LogP contribution in [0.15, 0.2) is 36.5 Å². The van der Waals surface area contributed by atoms with Gasteiger partial charge in [0.1, 0.15) is 5.82 Å². The fourth-order valence-corrected chi connectivity index (χ4v) is 1.63. The summed E-state index contributed by atoms with van der Waals surface area (Å²) in [5.74, 6) is -0.0217. The van der Waals surface area contributed by atoms with Crippen molar-refractivity contribution in [1.29, 1.82) is 0 Å². The number of ketones is 1. The van der Waals surface area contributed by atoms with Crippen LogP contribution in [0.2, 0.25) is 0 Å². The van der Waals surface area contributed by atoms with Gasteiger partial charge >= 0.3 is 0 Å². The van der Waals surface area contributed by atoms with Gasteiger partial charge in [0.25, 0.3) is 0 Å². The van der Waals surface area contributed by atoms with Gasteiger partial charge in [-0.25, -0.2) is 9.37 Å². The Balaban J connectivity index is 2.48. The second kappa shape index (κ2) is 4.96. The third-order valence-corrected chi connectivity index (χ3v) is 2.63. The molecule has 0 N–H and O–H groups in total. The third-order valence-electron chi connectivity index (χ3n) is 2.63. The van der Waals surface area contributed by atoms with E-state index in [1.54, 1.807) is 12.1 Å². The summed E-state index contributed by atoms with van der Waals surface area (Å²) in [7, 11) is 1.51. The van der Waals surface area contributed by atoms with Crippen molar-refractivity contribution in [1.82, 2.24) is 4.98 Å². The zero-order valence-electron chi connectivity index (χ0n) is 10.1. The number of hydrogen-bond donors (Lipinski definition) is 0. The maximum Gasteiger partial charge on any atom is 0.212 e. The quantitative estimate of drug-likeness (QED) is 0.780. The first-order valence-corrected chi connectivity index (χ1v) is 5.42. The third kappa shape index (κ3) is 2.37. The standard InChI is InChI=1S/C14H12FNO2/c1-9(17)10-3-5-13(15)12(7-10)11-4-6-14(18-2)16-8-11/h3-8H,1-2H3. The number of pyridine rings is 1. The zero-order valence-corrected chi connectivity index (χ0v) is 10.1.